The Morgan fingerprint density at radius 3 is 1.79 bits per heavy atom. The summed E-state index contributed by atoms with van der Waals surface area (Å²) < 4.78 is 0. The SMILES string of the molecule is c1ccc2c(c1)-c1cc(N(c3ccc(-c4ccc5ccccc5c4)cc3)c3ccc4c(c3)-c3ccccc3C43C4CCC5CC(C4)CC3C5)ccc1C21CCCC1. The average Bonchev–Trinajstić information content (AvgIpc) is 3.89. The van der Waals surface area contributed by atoms with Gasteiger partial charge in [0, 0.05) is 27.9 Å². The van der Waals surface area contributed by atoms with Crippen LogP contribution in [0.15, 0.2) is 152 Å². The largest absolute Gasteiger partial charge is 0.310 e. The van der Waals surface area contributed by atoms with Gasteiger partial charge in [0.2, 0.25) is 0 Å². The van der Waals surface area contributed by atoms with Gasteiger partial charge < -0.3 is 4.90 Å². The van der Waals surface area contributed by atoms with Crippen LogP contribution in [0.25, 0.3) is 44.2 Å². The van der Waals surface area contributed by atoms with Crippen LogP contribution in [0.3, 0.4) is 0 Å². The lowest BCUT2D eigenvalue weighted by atomic mass is 9.51. The molecule has 2 spiro atoms. The number of fused-ring (bicyclic) bond motifs is 10. The zero-order valence-corrected chi connectivity index (χ0v) is 32.8. The van der Waals surface area contributed by atoms with Crippen LogP contribution in [0, 0.1) is 23.7 Å². The van der Waals surface area contributed by atoms with Crippen molar-refractivity contribution >= 4 is 27.8 Å². The molecule has 0 radical (unpaired) electrons. The molecule has 7 aliphatic rings. The van der Waals surface area contributed by atoms with Crippen molar-refractivity contribution in [3.63, 3.8) is 0 Å². The molecule has 1 heteroatoms. The maximum absolute atomic E-state index is 2.60. The molecule has 14 rings (SSSR count). The first-order valence-electron chi connectivity index (χ1n) is 22.1. The van der Waals surface area contributed by atoms with Crippen molar-refractivity contribution in [3.8, 4) is 33.4 Å². The van der Waals surface area contributed by atoms with Crippen molar-refractivity contribution in [2.75, 3.05) is 4.90 Å². The Kier molecular flexibility index (Phi) is 6.91. The van der Waals surface area contributed by atoms with E-state index in [9.17, 15) is 0 Å². The summed E-state index contributed by atoms with van der Waals surface area (Å²) in [5, 5.41) is 2.57. The summed E-state index contributed by atoms with van der Waals surface area (Å²) in [4.78, 5) is 2.56. The molecule has 0 aliphatic heterocycles. The summed E-state index contributed by atoms with van der Waals surface area (Å²) in [5.74, 6) is 3.37. The van der Waals surface area contributed by atoms with Gasteiger partial charge in [-0.3, -0.25) is 0 Å². The van der Waals surface area contributed by atoms with E-state index in [1.807, 2.05) is 0 Å². The third-order valence-corrected chi connectivity index (χ3v) is 16.3. The minimum atomic E-state index is 0.162. The van der Waals surface area contributed by atoms with Gasteiger partial charge in [0.05, 0.1) is 0 Å². The number of nitrogens with zero attached hydrogens (tertiary/aromatic N) is 1. The monoisotopic (exact) mass is 735 g/mol. The highest BCUT2D eigenvalue weighted by Crippen LogP contribution is 2.68. The summed E-state index contributed by atoms with van der Waals surface area (Å²) in [7, 11) is 0. The van der Waals surface area contributed by atoms with Crippen LogP contribution < -0.4 is 4.90 Å². The Morgan fingerprint density at radius 1 is 0.404 bits per heavy atom. The number of hydrogen-bond donors (Lipinski definition) is 0. The van der Waals surface area contributed by atoms with E-state index in [1.165, 1.54) is 125 Å². The minimum Gasteiger partial charge on any atom is -0.310 e. The molecule has 0 aromatic heterocycles. The van der Waals surface area contributed by atoms with E-state index >= 15 is 0 Å². The molecule has 7 aromatic carbocycles. The predicted molar refractivity (Wildman–Crippen MR) is 237 cm³/mol. The lowest BCUT2D eigenvalue weighted by Crippen LogP contribution is -2.48. The van der Waals surface area contributed by atoms with Crippen molar-refractivity contribution in [2.24, 2.45) is 23.7 Å². The summed E-state index contributed by atoms with van der Waals surface area (Å²) >= 11 is 0. The van der Waals surface area contributed by atoms with Crippen LogP contribution in [0.2, 0.25) is 0 Å². The number of anilines is 3. The molecular formula is C56H49N. The third-order valence-electron chi connectivity index (χ3n) is 16.3. The van der Waals surface area contributed by atoms with E-state index in [-0.39, 0.29) is 10.8 Å². The fraction of sp³-hybridized carbons (Fsp3) is 0.286. The van der Waals surface area contributed by atoms with Crippen LogP contribution in [0.4, 0.5) is 17.1 Å². The van der Waals surface area contributed by atoms with Gasteiger partial charge in [-0.15, -0.1) is 0 Å². The molecule has 5 unspecified atom stereocenters. The summed E-state index contributed by atoms with van der Waals surface area (Å²) in [5.41, 5.74) is 18.7. The van der Waals surface area contributed by atoms with E-state index in [1.54, 1.807) is 22.3 Å². The van der Waals surface area contributed by atoms with E-state index < -0.39 is 0 Å². The van der Waals surface area contributed by atoms with Crippen molar-refractivity contribution in [3.05, 3.63) is 174 Å². The molecular weight excluding hydrogens is 687 g/mol. The first-order chi connectivity index (χ1) is 28.2. The molecule has 57 heavy (non-hydrogen) atoms. The second-order valence-electron chi connectivity index (χ2n) is 18.8. The average molecular weight is 736 g/mol. The van der Waals surface area contributed by atoms with Gasteiger partial charge in [0.15, 0.2) is 0 Å². The summed E-state index contributed by atoms with van der Waals surface area (Å²) in [6.07, 6.45) is 13.7. The number of hydrogen-bond acceptors (Lipinski definition) is 1. The van der Waals surface area contributed by atoms with Crippen molar-refractivity contribution < 1.29 is 0 Å². The number of benzene rings is 7. The van der Waals surface area contributed by atoms with Crippen molar-refractivity contribution in [1.29, 1.82) is 0 Å². The smallest absolute Gasteiger partial charge is 0.0468 e. The molecule has 0 N–H and O–H groups in total. The molecule has 0 saturated heterocycles. The van der Waals surface area contributed by atoms with Gasteiger partial charge >= 0.3 is 0 Å². The van der Waals surface area contributed by atoms with Gasteiger partial charge in [-0.1, -0.05) is 128 Å². The molecule has 5 fully saturated rings. The van der Waals surface area contributed by atoms with Crippen molar-refractivity contribution in [1.82, 2.24) is 0 Å². The Morgan fingerprint density at radius 2 is 0.982 bits per heavy atom. The quantitative estimate of drug-likeness (QED) is 0.174. The lowest BCUT2D eigenvalue weighted by Gasteiger charge is -2.53. The first-order valence-corrected chi connectivity index (χ1v) is 22.1. The van der Waals surface area contributed by atoms with Gasteiger partial charge in [0.1, 0.15) is 0 Å². The van der Waals surface area contributed by atoms with Crippen LogP contribution in [0.5, 0.6) is 0 Å². The van der Waals surface area contributed by atoms with E-state index in [0.717, 1.165) is 23.7 Å². The Hall–Kier alpha value is -5.40. The topological polar surface area (TPSA) is 3.24 Å². The summed E-state index contributed by atoms with van der Waals surface area (Å²) in [6, 6.07) is 59.0. The summed E-state index contributed by atoms with van der Waals surface area (Å²) in [6.45, 7) is 0. The first kappa shape index (κ1) is 32.7. The van der Waals surface area contributed by atoms with Crippen LogP contribution in [0.1, 0.15) is 86.5 Å². The lowest BCUT2D eigenvalue weighted by molar-refractivity contribution is 0.0618. The van der Waals surface area contributed by atoms with Gasteiger partial charge in [0.25, 0.3) is 0 Å². The zero-order valence-electron chi connectivity index (χ0n) is 32.8. The van der Waals surface area contributed by atoms with E-state index in [0.29, 0.717) is 0 Å². The maximum atomic E-state index is 2.60. The molecule has 1 nitrogen and oxygen atoms in total. The Bertz CT molecular complexity index is 2740. The Labute approximate surface area is 337 Å². The van der Waals surface area contributed by atoms with Crippen molar-refractivity contribution in [2.45, 2.75) is 75.0 Å². The highest BCUT2D eigenvalue weighted by molar-refractivity contribution is 5.91. The van der Waals surface area contributed by atoms with E-state index in [4.69, 9.17) is 0 Å². The number of rotatable bonds is 4. The second-order valence-corrected chi connectivity index (χ2v) is 18.8. The molecule has 0 amide bonds. The highest BCUT2D eigenvalue weighted by atomic mass is 15.1. The zero-order chi connectivity index (χ0) is 37.3. The van der Waals surface area contributed by atoms with Gasteiger partial charge in [-0.2, -0.15) is 0 Å². The molecule has 278 valence electrons. The van der Waals surface area contributed by atoms with Gasteiger partial charge in [-0.25, -0.2) is 0 Å². The molecule has 5 saturated carbocycles. The highest BCUT2D eigenvalue weighted by Gasteiger charge is 2.59. The Balaban J connectivity index is 0.983. The fourth-order valence-corrected chi connectivity index (χ4v) is 14.2. The molecule has 7 aliphatic carbocycles. The molecule has 7 aromatic rings. The molecule has 5 atom stereocenters. The molecule has 4 bridgehead atoms. The second kappa shape index (κ2) is 12.1. The van der Waals surface area contributed by atoms with Crippen LogP contribution >= 0.6 is 0 Å². The third kappa shape index (κ3) is 4.52. The van der Waals surface area contributed by atoms with Gasteiger partial charge in [-0.05, 0) is 177 Å². The predicted octanol–water partition coefficient (Wildman–Crippen LogP) is 14.9. The minimum absolute atomic E-state index is 0.162. The fourth-order valence-electron chi connectivity index (χ4n) is 14.2. The van der Waals surface area contributed by atoms with Crippen LogP contribution in [-0.2, 0) is 10.8 Å². The van der Waals surface area contributed by atoms with E-state index in [2.05, 4.69) is 157 Å². The van der Waals surface area contributed by atoms with Crippen LogP contribution in [-0.4, -0.2) is 0 Å². The standard InChI is InChI=1S/C56H49N/c1-2-10-40-33-41(17-16-38(40)9-1)39-18-21-44(22-19-39)57(45-23-25-52-49(34-45)47-11-3-5-13-51(47)55(52)27-7-8-28-55)46-24-26-54-50(35-46)48-12-4-6-14-53(48)56(54)42-20-15-36-29-37(31-42)32-43(56)30-36/h1-6,9-14,16-19,21-26,33-37,42-43H,7-8,15,20,27-32H2. The molecule has 0 heterocycles. The maximum Gasteiger partial charge on any atom is 0.0468 e. The normalized spacial score (nSPS) is 25.4.